The van der Waals surface area contributed by atoms with Gasteiger partial charge in [0.25, 0.3) is 5.91 Å². The Bertz CT molecular complexity index is 1020. The molecule has 1 atom stereocenters. The number of hydrogen-bond donors (Lipinski definition) is 1. The van der Waals surface area contributed by atoms with Gasteiger partial charge in [-0.2, -0.15) is 0 Å². The summed E-state index contributed by atoms with van der Waals surface area (Å²) < 4.78 is 5.25. The highest BCUT2D eigenvalue weighted by molar-refractivity contribution is 6.33. The number of nitrogens with zero attached hydrogens (tertiary/aromatic N) is 1. The molecular weight excluding hydrogens is 376 g/mol. The van der Waals surface area contributed by atoms with E-state index in [1.165, 1.54) is 0 Å². The minimum atomic E-state index is -0.578. The van der Waals surface area contributed by atoms with Crippen LogP contribution in [-0.4, -0.2) is 29.5 Å². The van der Waals surface area contributed by atoms with Crippen molar-refractivity contribution < 1.29 is 14.3 Å². The molecule has 28 heavy (non-hydrogen) atoms. The first kappa shape index (κ1) is 19.8. The van der Waals surface area contributed by atoms with Gasteiger partial charge in [-0.05, 0) is 31.5 Å². The smallest absolute Gasteiger partial charge is 0.339 e. The average Bonchev–Trinajstić information content (AvgIpc) is 2.71. The fraction of sp³-hybridized carbons (Fsp3) is 0.227. The molecule has 0 radical (unpaired) electrons. The molecule has 0 saturated carbocycles. The highest BCUT2D eigenvalue weighted by Gasteiger charge is 2.17. The van der Waals surface area contributed by atoms with E-state index in [4.69, 9.17) is 16.3 Å². The van der Waals surface area contributed by atoms with Crippen molar-refractivity contribution in [1.29, 1.82) is 0 Å². The molecule has 0 fully saturated rings. The van der Waals surface area contributed by atoms with Crippen molar-refractivity contribution >= 4 is 34.4 Å². The lowest BCUT2D eigenvalue weighted by atomic mass is 10.0. The first-order valence-corrected chi connectivity index (χ1v) is 9.48. The van der Waals surface area contributed by atoms with Gasteiger partial charge >= 0.3 is 5.97 Å². The van der Waals surface area contributed by atoms with Gasteiger partial charge in [0.2, 0.25) is 0 Å². The van der Waals surface area contributed by atoms with E-state index in [1.54, 1.807) is 18.2 Å². The zero-order valence-electron chi connectivity index (χ0n) is 15.7. The standard InChI is InChI=1S/C22H21ClN2O3/c1-3-14(2)24-21(26)13-28-22(27)17-12-20(16-9-4-6-10-18(16)23)25-19-11-7-5-8-15(17)19/h4-12,14H,3,13H2,1-2H3,(H,24,26)/t14-/m1/s1. The Labute approximate surface area is 168 Å². The van der Waals surface area contributed by atoms with Crippen molar-refractivity contribution in [3.05, 3.63) is 65.2 Å². The lowest BCUT2D eigenvalue weighted by molar-refractivity contribution is -0.124. The number of aromatic nitrogens is 1. The SMILES string of the molecule is CC[C@@H](C)NC(=O)COC(=O)c1cc(-c2ccccc2Cl)nc2ccccc12. The van der Waals surface area contributed by atoms with Gasteiger partial charge in [0.05, 0.1) is 16.8 Å². The van der Waals surface area contributed by atoms with Crippen molar-refractivity contribution in [3.63, 3.8) is 0 Å². The minimum Gasteiger partial charge on any atom is -0.452 e. The Balaban J connectivity index is 1.92. The van der Waals surface area contributed by atoms with Crippen LogP contribution in [0.15, 0.2) is 54.6 Å². The zero-order valence-corrected chi connectivity index (χ0v) is 16.5. The quantitative estimate of drug-likeness (QED) is 0.617. The third-order valence-electron chi connectivity index (χ3n) is 4.44. The summed E-state index contributed by atoms with van der Waals surface area (Å²) in [5, 5.41) is 3.97. The number of ether oxygens (including phenoxy) is 1. The van der Waals surface area contributed by atoms with Crippen LogP contribution in [0.3, 0.4) is 0 Å². The fourth-order valence-corrected chi connectivity index (χ4v) is 3.01. The van der Waals surface area contributed by atoms with Crippen LogP contribution in [0.2, 0.25) is 5.02 Å². The number of para-hydroxylation sites is 1. The van der Waals surface area contributed by atoms with Gasteiger partial charge in [0.1, 0.15) is 0 Å². The Morgan fingerprint density at radius 1 is 1.14 bits per heavy atom. The van der Waals surface area contributed by atoms with E-state index in [2.05, 4.69) is 10.3 Å². The summed E-state index contributed by atoms with van der Waals surface area (Å²) in [5.74, 6) is -0.904. The molecule has 3 aromatic rings. The number of halogens is 1. The molecule has 6 heteroatoms. The van der Waals surface area contributed by atoms with Crippen LogP contribution < -0.4 is 5.32 Å². The number of pyridine rings is 1. The molecule has 0 saturated heterocycles. The van der Waals surface area contributed by atoms with Gasteiger partial charge in [-0.1, -0.05) is 54.9 Å². The third-order valence-corrected chi connectivity index (χ3v) is 4.77. The maximum Gasteiger partial charge on any atom is 0.339 e. The van der Waals surface area contributed by atoms with Crippen LogP contribution in [0.4, 0.5) is 0 Å². The Hall–Kier alpha value is -2.92. The minimum absolute atomic E-state index is 0.0276. The summed E-state index contributed by atoms with van der Waals surface area (Å²) in [4.78, 5) is 29.3. The van der Waals surface area contributed by atoms with Crippen LogP contribution in [0, 0.1) is 0 Å². The molecule has 1 heterocycles. The zero-order chi connectivity index (χ0) is 20.1. The topological polar surface area (TPSA) is 68.3 Å². The van der Waals surface area contributed by atoms with Crippen LogP contribution >= 0.6 is 11.6 Å². The molecule has 5 nitrogen and oxygen atoms in total. The summed E-state index contributed by atoms with van der Waals surface area (Å²) in [5.41, 5.74) is 2.28. The second kappa shape index (κ2) is 8.85. The van der Waals surface area contributed by atoms with E-state index in [0.717, 1.165) is 12.0 Å². The molecule has 0 aliphatic carbocycles. The number of carbonyl (C=O) groups excluding carboxylic acids is 2. The van der Waals surface area contributed by atoms with Crippen LogP contribution in [0.1, 0.15) is 30.6 Å². The van der Waals surface area contributed by atoms with Gasteiger partial charge in [0, 0.05) is 22.0 Å². The fourth-order valence-electron chi connectivity index (χ4n) is 2.78. The lowest BCUT2D eigenvalue weighted by Gasteiger charge is -2.13. The molecule has 0 unspecified atom stereocenters. The first-order valence-electron chi connectivity index (χ1n) is 9.10. The Morgan fingerprint density at radius 3 is 2.61 bits per heavy atom. The molecule has 1 N–H and O–H groups in total. The van der Waals surface area contributed by atoms with Crippen LogP contribution in [0.25, 0.3) is 22.2 Å². The summed E-state index contributed by atoms with van der Waals surface area (Å²) in [6.07, 6.45) is 0.801. The number of carbonyl (C=O) groups is 2. The molecule has 0 aliphatic heterocycles. The van der Waals surface area contributed by atoms with Gasteiger partial charge in [-0.15, -0.1) is 0 Å². The number of esters is 1. The number of hydrogen-bond acceptors (Lipinski definition) is 4. The lowest BCUT2D eigenvalue weighted by Crippen LogP contribution is -2.35. The predicted octanol–water partition coefficient (Wildman–Crippen LogP) is 4.63. The highest BCUT2D eigenvalue weighted by atomic mass is 35.5. The van der Waals surface area contributed by atoms with Gasteiger partial charge in [-0.3, -0.25) is 4.79 Å². The van der Waals surface area contributed by atoms with Gasteiger partial charge < -0.3 is 10.1 Å². The third kappa shape index (κ3) is 4.49. The maximum absolute atomic E-state index is 12.7. The number of nitrogens with one attached hydrogen (secondary N) is 1. The van der Waals surface area contributed by atoms with E-state index >= 15 is 0 Å². The summed E-state index contributed by atoms with van der Waals surface area (Å²) >= 11 is 6.30. The second-order valence-corrected chi connectivity index (χ2v) is 6.91. The van der Waals surface area contributed by atoms with E-state index in [-0.39, 0.29) is 18.6 Å². The van der Waals surface area contributed by atoms with Crippen LogP contribution in [-0.2, 0) is 9.53 Å². The number of rotatable bonds is 6. The molecule has 144 valence electrons. The second-order valence-electron chi connectivity index (χ2n) is 6.50. The number of benzene rings is 2. The van der Waals surface area contributed by atoms with Crippen molar-refractivity contribution in [2.24, 2.45) is 0 Å². The molecular formula is C22H21ClN2O3. The van der Waals surface area contributed by atoms with Gasteiger partial charge in [-0.25, -0.2) is 9.78 Å². The Morgan fingerprint density at radius 2 is 1.86 bits per heavy atom. The van der Waals surface area contributed by atoms with Crippen molar-refractivity contribution in [3.8, 4) is 11.3 Å². The maximum atomic E-state index is 12.7. The number of amides is 1. The van der Waals surface area contributed by atoms with E-state index in [9.17, 15) is 9.59 Å². The van der Waals surface area contributed by atoms with E-state index < -0.39 is 5.97 Å². The van der Waals surface area contributed by atoms with Crippen molar-refractivity contribution in [1.82, 2.24) is 10.3 Å². The molecule has 1 aromatic heterocycles. The van der Waals surface area contributed by atoms with Gasteiger partial charge in [0.15, 0.2) is 6.61 Å². The van der Waals surface area contributed by atoms with E-state index in [0.29, 0.717) is 27.2 Å². The van der Waals surface area contributed by atoms with Crippen molar-refractivity contribution in [2.75, 3.05) is 6.61 Å². The first-order chi connectivity index (χ1) is 13.5. The van der Waals surface area contributed by atoms with E-state index in [1.807, 2.05) is 50.2 Å². The largest absolute Gasteiger partial charge is 0.452 e. The van der Waals surface area contributed by atoms with Crippen LogP contribution in [0.5, 0.6) is 0 Å². The monoisotopic (exact) mass is 396 g/mol. The normalized spacial score (nSPS) is 11.8. The Kier molecular flexibility index (Phi) is 6.26. The molecule has 0 aliphatic rings. The highest BCUT2D eigenvalue weighted by Crippen LogP contribution is 2.30. The predicted molar refractivity (Wildman–Crippen MR) is 110 cm³/mol. The summed E-state index contributed by atoms with van der Waals surface area (Å²) in [6, 6.07) is 16.3. The molecule has 2 aromatic carbocycles. The average molecular weight is 397 g/mol. The number of fused-ring (bicyclic) bond motifs is 1. The molecule has 3 rings (SSSR count). The summed E-state index contributed by atoms with van der Waals surface area (Å²) in [7, 11) is 0. The molecule has 0 bridgehead atoms. The molecule has 1 amide bonds. The molecule has 0 spiro atoms. The van der Waals surface area contributed by atoms with Crippen molar-refractivity contribution in [2.45, 2.75) is 26.3 Å². The summed E-state index contributed by atoms with van der Waals surface area (Å²) in [6.45, 7) is 3.53.